The van der Waals surface area contributed by atoms with E-state index in [9.17, 15) is 10.1 Å². The number of nitrogens with zero attached hydrogens (tertiary/aromatic N) is 3. The highest BCUT2D eigenvalue weighted by Crippen LogP contribution is 2.26. The van der Waals surface area contributed by atoms with Crippen molar-refractivity contribution in [2.75, 3.05) is 5.43 Å². The van der Waals surface area contributed by atoms with E-state index in [2.05, 4.69) is 15.5 Å². The molecular weight excluding hydrogens is 332 g/mol. The molecule has 1 heterocycles. The summed E-state index contributed by atoms with van der Waals surface area (Å²) < 4.78 is 5.69. The third kappa shape index (κ3) is 4.66. The Kier molecular flexibility index (Phi) is 6.08. The Morgan fingerprint density at radius 1 is 1.50 bits per heavy atom. The van der Waals surface area contributed by atoms with Gasteiger partial charge in [0.05, 0.1) is 22.3 Å². The third-order valence-electron chi connectivity index (χ3n) is 3.23. The number of benzene rings is 1. The fraction of sp³-hybridized carbons (Fsp3) is 0.250. The molecular formula is C16H17ClN4O3. The summed E-state index contributed by atoms with van der Waals surface area (Å²) in [5, 5.41) is 15.3. The smallest absolute Gasteiger partial charge is 0.313 e. The minimum absolute atomic E-state index is 0.0709. The van der Waals surface area contributed by atoms with Gasteiger partial charge < -0.3 is 4.74 Å². The molecule has 0 aliphatic heterocycles. The van der Waals surface area contributed by atoms with Crippen LogP contribution in [0.25, 0.3) is 0 Å². The number of rotatable bonds is 7. The van der Waals surface area contributed by atoms with Crippen molar-refractivity contribution in [1.82, 2.24) is 4.98 Å². The fourth-order valence-corrected chi connectivity index (χ4v) is 2.02. The second kappa shape index (κ2) is 8.26. The van der Waals surface area contributed by atoms with Gasteiger partial charge >= 0.3 is 5.69 Å². The van der Waals surface area contributed by atoms with Gasteiger partial charge in [0.15, 0.2) is 0 Å². The van der Waals surface area contributed by atoms with Gasteiger partial charge in [0.25, 0.3) is 0 Å². The molecule has 7 nitrogen and oxygen atoms in total. The van der Waals surface area contributed by atoms with Crippen molar-refractivity contribution in [1.29, 1.82) is 0 Å². The fourth-order valence-electron chi connectivity index (χ4n) is 1.79. The summed E-state index contributed by atoms with van der Waals surface area (Å²) in [5.41, 5.74) is 3.14. The summed E-state index contributed by atoms with van der Waals surface area (Å²) in [5.74, 6) is 0.679. The second-order valence-electron chi connectivity index (χ2n) is 5.02. The van der Waals surface area contributed by atoms with Gasteiger partial charge in [-0.3, -0.25) is 15.5 Å². The Morgan fingerprint density at radius 3 is 2.96 bits per heavy atom. The monoisotopic (exact) mass is 348 g/mol. The predicted octanol–water partition coefficient (Wildman–Crippen LogP) is 4.27. The Balaban J connectivity index is 2.08. The summed E-state index contributed by atoms with van der Waals surface area (Å²) in [6.45, 7) is 4.00. The van der Waals surface area contributed by atoms with E-state index in [1.54, 1.807) is 18.2 Å². The average Bonchev–Trinajstić information content (AvgIpc) is 2.57. The van der Waals surface area contributed by atoms with Crippen molar-refractivity contribution in [2.45, 2.75) is 26.4 Å². The number of pyridine rings is 1. The van der Waals surface area contributed by atoms with Gasteiger partial charge in [-0.1, -0.05) is 18.5 Å². The van der Waals surface area contributed by atoms with Crippen LogP contribution in [0.4, 0.5) is 11.5 Å². The molecule has 24 heavy (non-hydrogen) atoms. The Labute approximate surface area is 144 Å². The van der Waals surface area contributed by atoms with E-state index < -0.39 is 4.92 Å². The molecule has 1 aromatic heterocycles. The molecule has 1 atom stereocenters. The van der Waals surface area contributed by atoms with Crippen LogP contribution < -0.4 is 10.2 Å². The minimum atomic E-state index is -0.525. The molecule has 0 radical (unpaired) electrons. The molecule has 1 N–H and O–H groups in total. The number of hydrogen-bond donors (Lipinski definition) is 1. The number of ether oxygens (including phenoxy) is 1. The van der Waals surface area contributed by atoms with Crippen LogP contribution in [0.1, 0.15) is 25.8 Å². The third-order valence-corrected chi connectivity index (χ3v) is 3.52. The standard InChI is InChI=1S/C16H17ClN4O3/c1-3-11(2)24-15-7-6-12(9-13(15)17)10-19-20-16-14(21(22)23)5-4-8-18-16/h4-11H,3H2,1-2H3,(H,18,20)/b19-10-/t11-/m0/s1. The van der Waals surface area contributed by atoms with E-state index in [1.165, 1.54) is 24.5 Å². The van der Waals surface area contributed by atoms with E-state index in [4.69, 9.17) is 16.3 Å². The van der Waals surface area contributed by atoms with E-state index in [1.807, 2.05) is 13.8 Å². The summed E-state index contributed by atoms with van der Waals surface area (Å²) in [6.07, 6.45) is 3.90. The summed E-state index contributed by atoms with van der Waals surface area (Å²) in [4.78, 5) is 14.3. The number of halogens is 1. The van der Waals surface area contributed by atoms with Gasteiger partial charge in [-0.25, -0.2) is 4.98 Å². The van der Waals surface area contributed by atoms with Crippen molar-refractivity contribution in [3.8, 4) is 5.75 Å². The van der Waals surface area contributed by atoms with Gasteiger partial charge in [-0.15, -0.1) is 0 Å². The lowest BCUT2D eigenvalue weighted by molar-refractivity contribution is -0.384. The molecule has 0 aliphatic rings. The molecule has 8 heteroatoms. The van der Waals surface area contributed by atoms with Crippen molar-refractivity contribution < 1.29 is 9.66 Å². The van der Waals surface area contributed by atoms with Crippen molar-refractivity contribution in [3.05, 3.63) is 57.2 Å². The molecule has 1 aromatic carbocycles. The lowest BCUT2D eigenvalue weighted by atomic mass is 10.2. The maximum Gasteiger partial charge on any atom is 0.313 e. The van der Waals surface area contributed by atoms with E-state index in [-0.39, 0.29) is 17.6 Å². The highest BCUT2D eigenvalue weighted by atomic mass is 35.5. The first-order valence-corrected chi connectivity index (χ1v) is 7.73. The molecule has 126 valence electrons. The van der Waals surface area contributed by atoms with Crippen LogP contribution in [-0.4, -0.2) is 22.2 Å². The van der Waals surface area contributed by atoms with Crippen LogP contribution in [0.15, 0.2) is 41.6 Å². The molecule has 0 aliphatic carbocycles. The van der Waals surface area contributed by atoms with Crippen LogP contribution in [0.5, 0.6) is 5.75 Å². The topological polar surface area (TPSA) is 89.7 Å². The molecule has 0 amide bonds. The van der Waals surface area contributed by atoms with Gasteiger partial charge in [-0.2, -0.15) is 5.10 Å². The zero-order valence-electron chi connectivity index (χ0n) is 13.3. The van der Waals surface area contributed by atoms with E-state index >= 15 is 0 Å². The van der Waals surface area contributed by atoms with Crippen LogP contribution >= 0.6 is 11.6 Å². The van der Waals surface area contributed by atoms with Crippen LogP contribution in [0.2, 0.25) is 5.02 Å². The van der Waals surface area contributed by atoms with Gasteiger partial charge in [0, 0.05) is 12.3 Å². The van der Waals surface area contributed by atoms with Crippen molar-refractivity contribution in [3.63, 3.8) is 0 Å². The maximum absolute atomic E-state index is 10.9. The summed E-state index contributed by atoms with van der Waals surface area (Å²) in [6, 6.07) is 8.10. The lowest BCUT2D eigenvalue weighted by Gasteiger charge is -2.13. The maximum atomic E-state index is 10.9. The SMILES string of the molecule is CC[C@H](C)Oc1ccc(/C=N\Nc2ncccc2[N+](=O)[O-])cc1Cl. The van der Waals surface area contributed by atoms with Crippen LogP contribution in [0, 0.1) is 10.1 Å². The number of hydrazone groups is 1. The lowest BCUT2D eigenvalue weighted by Crippen LogP contribution is -2.10. The normalized spacial score (nSPS) is 12.1. The summed E-state index contributed by atoms with van der Waals surface area (Å²) >= 11 is 6.18. The van der Waals surface area contributed by atoms with Crippen LogP contribution in [0.3, 0.4) is 0 Å². The average molecular weight is 349 g/mol. The van der Waals surface area contributed by atoms with E-state index in [0.717, 1.165) is 12.0 Å². The van der Waals surface area contributed by atoms with Crippen molar-refractivity contribution in [2.24, 2.45) is 5.10 Å². The molecule has 0 saturated heterocycles. The Morgan fingerprint density at radius 2 is 2.29 bits per heavy atom. The second-order valence-corrected chi connectivity index (χ2v) is 5.43. The quantitative estimate of drug-likeness (QED) is 0.458. The molecule has 0 fully saturated rings. The zero-order chi connectivity index (χ0) is 17.5. The first-order valence-electron chi connectivity index (χ1n) is 7.36. The Bertz CT molecular complexity index is 752. The van der Waals surface area contributed by atoms with E-state index in [0.29, 0.717) is 10.8 Å². The number of anilines is 1. The molecule has 0 saturated carbocycles. The van der Waals surface area contributed by atoms with Gasteiger partial charge in [0.1, 0.15) is 5.75 Å². The molecule has 2 aromatic rings. The minimum Gasteiger partial charge on any atom is -0.489 e. The number of nitrogens with one attached hydrogen (secondary N) is 1. The molecule has 0 bridgehead atoms. The number of aromatic nitrogens is 1. The number of nitro groups is 1. The van der Waals surface area contributed by atoms with Gasteiger partial charge in [-0.05, 0) is 43.2 Å². The first-order chi connectivity index (χ1) is 11.5. The van der Waals surface area contributed by atoms with Crippen LogP contribution in [-0.2, 0) is 0 Å². The summed E-state index contributed by atoms with van der Waals surface area (Å²) in [7, 11) is 0. The highest BCUT2D eigenvalue weighted by molar-refractivity contribution is 6.32. The predicted molar refractivity (Wildman–Crippen MR) is 93.9 cm³/mol. The Hall–Kier alpha value is -2.67. The molecule has 0 unspecified atom stereocenters. The first kappa shape index (κ1) is 17.7. The number of hydrogen-bond acceptors (Lipinski definition) is 6. The molecule has 2 rings (SSSR count). The highest BCUT2D eigenvalue weighted by Gasteiger charge is 2.13. The van der Waals surface area contributed by atoms with Gasteiger partial charge in [0.2, 0.25) is 5.82 Å². The largest absolute Gasteiger partial charge is 0.489 e. The zero-order valence-corrected chi connectivity index (χ0v) is 14.0. The molecule has 0 spiro atoms. The van der Waals surface area contributed by atoms with Crippen molar-refractivity contribution >= 4 is 29.3 Å².